The first-order valence-electron chi connectivity index (χ1n) is 8.25. The fourth-order valence-corrected chi connectivity index (χ4v) is 3.26. The Morgan fingerprint density at radius 3 is 2.68 bits per heavy atom. The second-order valence-corrected chi connectivity index (χ2v) is 6.06. The normalized spacial score (nSPS) is 15.6. The summed E-state index contributed by atoms with van der Waals surface area (Å²) in [5.41, 5.74) is 7.10. The summed E-state index contributed by atoms with van der Waals surface area (Å²) in [6, 6.07) is 5.44. The van der Waals surface area contributed by atoms with E-state index in [1.165, 1.54) is 19.3 Å². The summed E-state index contributed by atoms with van der Waals surface area (Å²) >= 11 is 0. The number of carbonyl (C=O) groups is 1. The Bertz CT molecular complexity index is 644. The SMILES string of the molecule is Cl.Cl.NCC(NC(=O)c1cc(-n2cccn2)ccn1)C1CCCCC1. The Morgan fingerprint density at radius 2 is 2.04 bits per heavy atom. The van der Waals surface area contributed by atoms with Gasteiger partial charge in [0.1, 0.15) is 5.69 Å². The number of amides is 1. The molecular formula is C17H25Cl2N5O. The van der Waals surface area contributed by atoms with Crippen molar-refractivity contribution in [2.45, 2.75) is 38.1 Å². The standard InChI is InChI=1S/C17H23N5O.2ClH/c18-12-16(13-5-2-1-3-6-13)21-17(23)15-11-14(7-9-19-15)22-10-4-8-20-22;;/h4,7-11,13,16H,1-3,5-6,12,18H2,(H,21,23);2*1H. The number of pyridine rings is 1. The van der Waals surface area contributed by atoms with Crippen LogP contribution in [-0.2, 0) is 0 Å². The fourth-order valence-electron chi connectivity index (χ4n) is 3.26. The zero-order valence-electron chi connectivity index (χ0n) is 14.0. The number of nitrogens with two attached hydrogens (primary N) is 1. The second-order valence-electron chi connectivity index (χ2n) is 6.06. The van der Waals surface area contributed by atoms with Crippen LogP contribution in [0.4, 0.5) is 0 Å². The maximum atomic E-state index is 12.5. The van der Waals surface area contributed by atoms with Crippen LogP contribution in [-0.4, -0.2) is 33.3 Å². The molecule has 1 amide bonds. The third-order valence-electron chi connectivity index (χ3n) is 4.53. The van der Waals surface area contributed by atoms with Crippen molar-refractivity contribution >= 4 is 30.7 Å². The van der Waals surface area contributed by atoms with Crippen LogP contribution in [0.25, 0.3) is 5.69 Å². The quantitative estimate of drug-likeness (QED) is 0.828. The van der Waals surface area contributed by atoms with Gasteiger partial charge in [0.15, 0.2) is 0 Å². The van der Waals surface area contributed by atoms with Gasteiger partial charge in [0, 0.05) is 31.2 Å². The van der Waals surface area contributed by atoms with E-state index in [0.717, 1.165) is 18.5 Å². The van der Waals surface area contributed by atoms with E-state index in [1.807, 2.05) is 18.3 Å². The lowest BCUT2D eigenvalue weighted by Gasteiger charge is -2.30. The second kappa shape index (κ2) is 10.4. The molecule has 2 aromatic rings. The molecule has 2 aromatic heterocycles. The average Bonchev–Trinajstić information content (AvgIpc) is 3.15. The molecule has 3 N–H and O–H groups in total. The summed E-state index contributed by atoms with van der Waals surface area (Å²) in [5.74, 6) is 0.312. The van der Waals surface area contributed by atoms with Gasteiger partial charge in [-0.3, -0.25) is 9.78 Å². The molecule has 8 heteroatoms. The van der Waals surface area contributed by atoms with Gasteiger partial charge in [-0.2, -0.15) is 5.10 Å². The van der Waals surface area contributed by atoms with Crippen molar-refractivity contribution in [3.63, 3.8) is 0 Å². The number of nitrogens with one attached hydrogen (secondary N) is 1. The van der Waals surface area contributed by atoms with E-state index in [0.29, 0.717) is 18.2 Å². The lowest BCUT2D eigenvalue weighted by molar-refractivity contribution is 0.0910. The molecule has 1 aliphatic carbocycles. The third kappa shape index (κ3) is 5.42. The summed E-state index contributed by atoms with van der Waals surface area (Å²) in [6.45, 7) is 0.468. The number of carbonyl (C=O) groups excluding carboxylic acids is 1. The van der Waals surface area contributed by atoms with Crippen molar-refractivity contribution in [2.75, 3.05) is 6.54 Å². The van der Waals surface area contributed by atoms with Crippen molar-refractivity contribution in [1.29, 1.82) is 0 Å². The molecule has 1 atom stereocenters. The zero-order chi connectivity index (χ0) is 16.1. The largest absolute Gasteiger partial charge is 0.346 e. The molecular weight excluding hydrogens is 361 g/mol. The van der Waals surface area contributed by atoms with Crippen molar-refractivity contribution in [3.8, 4) is 5.69 Å². The molecule has 0 saturated heterocycles. The van der Waals surface area contributed by atoms with Crippen LogP contribution in [0, 0.1) is 5.92 Å². The van der Waals surface area contributed by atoms with Crippen molar-refractivity contribution in [1.82, 2.24) is 20.1 Å². The predicted molar refractivity (Wildman–Crippen MR) is 103 cm³/mol. The number of nitrogens with zero attached hydrogens (tertiary/aromatic N) is 3. The van der Waals surface area contributed by atoms with Crippen molar-refractivity contribution < 1.29 is 4.79 Å². The first-order chi connectivity index (χ1) is 11.3. The van der Waals surface area contributed by atoms with Gasteiger partial charge in [-0.05, 0) is 37.0 Å². The summed E-state index contributed by atoms with van der Waals surface area (Å²) in [6.07, 6.45) is 11.2. The highest BCUT2D eigenvalue weighted by atomic mass is 35.5. The molecule has 1 aliphatic rings. The van der Waals surface area contributed by atoms with Gasteiger partial charge in [-0.15, -0.1) is 24.8 Å². The number of aromatic nitrogens is 3. The number of hydrogen-bond acceptors (Lipinski definition) is 4. The van der Waals surface area contributed by atoms with Crippen LogP contribution in [0.15, 0.2) is 36.8 Å². The average molecular weight is 386 g/mol. The van der Waals surface area contributed by atoms with Crippen LogP contribution in [0.3, 0.4) is 0 Å². The predicted octanol–water partition coefficient (Wildman–Crippen LogP) is 2.75. The molecule has 1 saturated carbocycles. The summed E-state index contributed by atoms with van der Waals surface area (Å²) in [4.78, 5) is 16.7. The van der Waals surface area contributed by atoms with Gasteiger partial charge in [-0.1, -0.05) is 19.3 Å². The number of rotatable bonds is 5. The van der Waals surface area contributed by atoms with E-state index in [4.69, 9.17) is 5.73 Å². The van der Waals surface area contributed by atoms with E-state index >= 15 is 0 Å². The van der Waals surface area contributed by atoms with Gasteiger partial charge >= 0.3 is 0 Å². The molecule has 6 nitrogen and oxygen atoms in total. The molecule has 138 valence electrons. The van der Waals surface area contributed by atoms with Gasteiger partial charge < -0.3 is 11.1 Å². The minimum atomic E-state index is -0.167. The molecule has 0 aromatic carbocycles. The first-order valence-corrected chi connectivity index (χ1v) is 8.25. The molecule has 1 fully saturated rings. The molecule has 25 heavy (non-hydrogen) atoms. The van der Waals surface area contributed by atoms with Crippen LogP contribution in [0.1, 0.15) is 42.6 Å². The lowest BCUT2D eigenvalue weighted by Crippen LogP contribution is -2.46. The number of hydrogen-bond donors (Lipinski definition) is 2. The van der Waals surface area contributed by atoms with E-state index < -0.39 is 0 Å². The molecule has 1 unspecified atom stereocenters. The monoisotopic (exact) mass is 385 g/mol. The van der Waals surface area contributed by atoms with E-state index in [9.17, 15) is 4.79 Å². The highest BCUT2D eigenvalue weighted by Crippen LogP contribution is 2.26. The van der Waals surface area contributed by atoms with Crippen LogP contribution in [0.2, 0.25) is 0 Å². The van der Waals surface area contributed by atoms with Gasteiger partial charge in [0.2, 0.25) is 0 Å². The van der Waals surface area contributed by atoms with Crippen LogP contribution in [0.5, 0.6) is 0 Å². The highest BCUT2D eigenvalue weighted by Gasteiger charge is 2.24. The zero-order valence-corrected chi connectivity index (χ0v) is 15.6. The smallest absolute Gasteiger partial charge is 0.270 e. The molecule has 2 heterocycles. The first kappa shape index (κ1) is 21.4. The maximum Gasteiger partial charge on any atom is 0.270 e. The Balaban J connectivity index is 0.00000156. The third-order valence-corrected chi connectivity index (χ3v) is 4.53. The Morgan fingerprint density at radius 1 is 1.28 bits per heavy atom. The van der Waals surface area contributed by atoms with Crippen LogP contribution < -0.4 is 11.1 Å². The molecule has 0 aliphatic heterocycles. The Hall–Kier alpha value is -1.63. The highest BCUT2D eigenvalue weighted by molar-refractivity contribution is 5.93. The molecule has 3 rings (SSSR count). The Kier molecular flexibility index (Phi) is 8.89. The van der Waals surface area contributed by atoms with Gasteiger partial charge in [0.05, 0.1) is 5.69 Å². The van der Waals surface area contributed by atoms with Crippen LogP contribution >= 0.6 is 24.8 Å². The topological polar surface area (TPSA) is 85.8 Å². The summed E-state index contributed by atoms with van der Waals surface area (Å²) < 4.78 is 1.71. The van der Waals surface area contributed by atoms with E-state index in [-0.39, 0.29) is 36.8 Å². The molecule has 0 radical (unpaired) electrons. The van der Waals surface area contributed by atoms with Gasteiger partial charge in [0.25, 0.3) is 5.91 Å². The van der Waals surface area contributed by atoms with E-state index in [2.05, 4.69) is 15.4 Å². The van der Waals surface area contributed by atoms with Gasteiger partial charge in [-0.25, -0.2) is 4.68 Å². The molecule has 0 bridgehead atoms. The van der Waals surface area contributed by atoms with Crippen molar-refractivity contribution in [2.24, 2.45) is 11.7 Å². The minimum Gasteiger partial charge on any atom is -0.346 e. The fraction of sp³-hybridized carbons (Fsp3) is 0.471. The number of halogens is 2. The Labute approximate surface area is 160 Å². The summed E-state index contributed by atoms with van der Waals surface area (Å²) in [7, 11) is 0. The minimum absolute atomic E-state index is 0. The van der Waals surface area contributed by atoms with Crippen molar-refractivity contribution in [3.05, 3.63) is 42.5 Å². The maximum absolute atomic E-state index is 12.5. The lowest BCUT2D eigenvalue weighted by atomic mass is 9.84. The van der Waals surface area contributed by atoms with E-state index in [1.54, 1.807) is 23.1 Å². The summed E-state index contributed by atoms with van der Waals surface area (Å²) in [5, 5.41) is 7.24. The molecule has 0 spiro atoms.